The molecule has 0 aliphatic heterocycles. The maximum atomic E-state index is 13.0. The number of ketones is 3. The van der Waals surface area contributed by atoms with E-state index in [0.29, 0.717) is 12.1 Å². The van der Waals surface area contributed by atoms with Crippen molar-refractivity contribution in [3.8, 4) is 0 Å². The van der Waals surface area contributed by atoms with Crippen molar-refractivity contribution >= 4 is 27.2 Å². The first-order chi connectivity index (χ1) is 12.1. The van der Waals surface area contributed by atoms with Gasteiger partial charge < -0.3 is 0 Å². The zero-order valence-corrected chi connectivity index (χ0v) is 15.8. The molecule has 9 heteroatoms. The molecule has 0 radical (unpaired) electrons. The molecule has 1 aromatic carbocycles. The SMILES string of the molecule is CC1(C)CC(=O)C(C(=O)c2ccc(C(F)(F)F)cc2CS(C)(=O)=O)C(=O)C1. The Kier molecular flexibility index (Phi) is 5.40. The number of carbonyl (C=O) groups excluding carboxylic acids is 3. The van der Waals surface area contributed by atoms with Gasteiger partial charge in [-0.15, -0.1) is 0 Å². The Morgan fingerprint density at radius 2 is 1.67 bits per heavy atom. The summed E-state index contributed by atoms with van der Waals surface area (Å²) in [5.74, 6) is -4.57. The minimum absolute atomic E-state index is 0.0167. The van der Waals surface area contributed by atoms with Gasteiger partial charge in [0.05, 0.1) is 11.3 Å². The van der Waals surface area contributed by atoms with Crippen LogP contribution >= 0.6 is 0 Å². The molecule has 27 heavy (non-hydrogen) atoms. The zero-order valence-electron chi connectivity index (χ0n) is 15.0. The van der Waals surface area contributed by atoms with Crippen LogP contribution in [-0.4, -0.2) is 32.0 Å². The molecule has 1 fully saturated rings. The summed E-state index contributed by atoms with van der Waals surface area (Å²) in [6, 6.07) is 2.06. The van der Waals surface area contributed by atoms with Gasteiger partial charge in [-0.2, -0.15) is 13.2 Å². The van der Waals surface area contributed by atoms with Crippen LogP contribution in [-0.2, 0) is 31.4 Å². The van der Waals surface area contributed by atoms with Gasteiger partial charge >= 0.3 is 6.18 Å². The fourth-order valence-corrected chi connectivity index (χ4v) is 4.05. The third-order valence-electron chi connectivity index (χ3n) is 4.33. The van der Waals surface area contributed by atoms with E-state index in [1.807, 2.05) is 0 Å². The third kappa shape index (κ3) is 5.03. The number of Topliss-reactive ketones (excluding diaryl/α,β-unsaturated/α-hetero) is 3. The topological polar surface area (TPSA) is 85.3 Å². The second-order valence-electron chi connectivity index (χ2n) is 7.69. The molecule has 0 N–H and O–H groups in total. The number of rotatable bonds is 4. The minimum atomic E-state index is -4.73. The second kappa shape index (κ2) is 6.85. The van der Waals surface area contributed by atoms with Crippen LogP contribution in [0.15, 0.2) is 18.2 Å². The maximum Gasteiger partial charge on any atom is 0.416 e. The van der Waals surface area contributed by atoms with Gasteiger partial charge in [0.1, 0.15) is 5.92 Å². The number of hydrogen-bond acceptors (Lipinski definition) is 5. The number of alkyl halides is 3. The molecule has 0 heterocycles. The summed E-state index contributed by atoms with van der Waals surface area (Å²) in [6.45, 7) is 3.41. The summed E-state index contributed by atoms with van der Waals surface area (Å²) >= 11 is 0. The van der Waals surface area contributed by atoms with E-state index in [2.05, 4.69) is 0 Å². The van der Waals surface area contributed by atoms with Gasteiger partial charge in [-0.3, -0.25) is 14.4 Å². The number of benzene rings is 1. The summed E-state index contributed by atoms with van der Waals surface area (Å²) in [4.78, 5) is 37.4. The van der Waals surface area contributed by atoms with Crippen molar-refractivity contribution in [3.05, 3.63) is 34.9 Å². The van der Waals surface area contributed by atoms with Crippen molar-refractivity contribution in [2.45, 2.75) is 38.6 Å². The Hall–Kier alpha value is -2.03. The largest absolute Gasteiger partial charge is 0.416 e. The summed E-state index contributed by atoms with van der Waals surface area (Å²) in [5, 5.41) is 0. The van der Waals surface area contributed by atoms with Crippen LogP contribution < -0.4 is 0 Å². The van der Waals surface area contributed by atoms with Crippen LogP contribution in [0.1, 0.15) is 48.2 Å². The smallest absolute Gasteiger partial charge is 0.298 e. The number of hydrogen-bond donors (Lipinski definition) is 0. The quantitative estimate of drug-likeness (QED) is 0.569. The summed E-state index contributed by atoms with van der Waals surface area (Å²) in [5.41, 5.74) is -2.43. The Balaban J connectivity index is 2.52. The monoisotopic (exact) mass is 404 g/mol. The van der Waals surface area contributed by atoms with Crippen molar-refractivity contribution < 1.29 is 36.0 Å². The van der Waals surface area contributed by atoms with E-state index < -0.39 is 56.0 Å². The highest BCUT2D eigenvalue weighted by molar-refractivity contribution is 7.89. The van der Waals surface area contributed by atoms with E-state index in [4.69, 9.17) is 0 Å². The number of halogens is 3. The molecule has 2 rings (SSSR count). The van der Waals surface area contributed by atoms with E-state index in [-0.39, 0.29) is 24.0 Å². The first-order valence-electron chi connectivity index (χ1n) is 8.08. The Morgan fingerprint density at radius 1 is 1.15 bits per heavy atom. The van der Waals surface area contributed by atoms with Crippen LogP contribution in [0.5, 0.6) is 0 Å². The van der Waals surface area contributed by atoms with Crippen molar-refractivity contribution in [1.82, 2.24) is 0 Å². The molecule has 0 saturated heterocycles. The number of sulfone groups is 1. The molecule has 1 aliphatic carbocycles. The molecule has 148 valence electrons. The van der Waals surface area contributed by atoms with E-state index >= 15 is 0 Å². The molecular weight excluding hydrogens is 385 g/mol. The molecule has 0 bridgehead atoms. The molecular formula is C18H19F3O5S. The Morgan fingerprint density at radius 3 is 2.11 bits per heavy atom. The Labute approximate surface area is 154 Å². The molecule has 1 aromatic rings. The molecule has 0 amide bonds. The normalized spacial score (nSPS) is 18.6. The summed E-state index contributed by atoms with van der Waals surface area (Å²) in [7, 11) is -3.76. The fourth-order valence-electron chi connectivity index (χ4n) is 3.25. The third-order valence-corrected chi connectivity index (χ3v) is 5.16. The first-order valence-corrected chi connectivity index (χ1v) is 10.1. The van der Waals surface area contributed by atoms with Gasteiger partial charge in [0.25, 0.3) is 0 Å². The molecule has 0 atom stereocenters. The molecule has 1 aliphatic rings. The predicted molar refractivity (Wildman–Crippen MR) is 90.8 cm³/mol. The highest BCUT2D eigenvalue weighted by Gasteiger charge is 2.44. The minimum Gasteiger partial charge on any atom is -0.298 e. The van der Waals surface area contributed by atoms with Gasteiger partial charge in [0.2, 0.25) is 0 Å². The second-order valence-corrected chi connectivity index (χ2v) is 9.83. The number of carbonyl (C=O) groups is 3. The van der Waals surface area contributed by atoms with Gasteiger partial charge in [0.15, 0.2) is 27.2 Å². The van der Waals surface area contributed by atoms with Gasteiger partial charge in [-0.1, -0.05) is 19.9 Å². The average Bonchev–Trinajstić information content (AvgIpc) is 2.41. The lowest BCUT2D eigenvalue weighted by molar-refractivity contribution is -0.138. The van der Waals surface area contributed by atoms with E-state index in [1.165, 1.54) is 0 Å². The van der Waals surface area contributed by atoms with Gasteiger partial charge in [0, 0.05) is 24.7 Å². The van der Waals surface area contributed by atoms with Crippen LogP contribution in [0.4, 0.5) is 13.2 Å². The molecule has 0 unspecified atom stereocenters. The lowest BCUT2D eigenvalue weighted by Gasteiger charge is -2.31. The van der Waals surface area contributed by atoms with Crippen LogP contribution in [0.3, 0.4) is 0 Å². The van der Waals surface area contributed by atoms with E-state index in [1.54, 1.807) is 13.8 Å². The van der Waals surface area contributed by atoms with Crippen LogP contribution in [0, 0.1) is 11.3 Å². The van der Waals surface area contributed by atoms with E-state index in [0.717, 1.165) is 12.3 Å². The Bertz CT molecular complexity index is 893. The highest BCUT2D eigenvalue weighted by Crippen LogP contribution is 2.36. The molecule has 1 saturated carbocycles. The zero-order chi connectivity index (χ0) is 20.8. The standard InChI is InChI=1S/C18H19F3O5S/c1-17(2)7-13(22)15(14(23)8-17)16(24)12-5-4-11(18(19,20)21)6-10(12)9-27(3,25)26/h4-6,15H,7-9H2,1-3H3. The summed E-state index contributed by atoms with van der Waals surface area (Å²) < 4.78 is 62.1. The van der Waals surface area contributed by atoms with Crippen LogP contribution in [0.25, 0.3) is 0 Å². The molecule has 0 aromatic heterocycles. The predicted octanol–water partition coefficient (Wildman–Crippen LogP) is 3.01. The molecule has 5 nitrogen and oxygen atoms in total. The first kappa shape index (κ1) is 21.3. The lowest BCUT2D eigenvalue weighted by Crippen LogP contribution is -2.42. The van der Waals surface area contributed by atoms with Crippen molar-refractivity contribution in [3.63, 3.8) is 0 Å². The maximum absolute atomic E-state index is 13.0. The van der Waals surface area contributed by atoms with Gasteiger partial charge in [-0.25, -0.2) is 8.42 Å². The lowest BCUT2D eigenvalue weighted by atomic mass is 9.69. The fraction of sp³-hybridized carbons (Fsp3) is 0.500. The molecule has 0 spiro atoms. The van der Waals surface area contributed by atoms with Crippen molar-refractivity contribution in [1.29, 1.82) is 0 Å². The average molecular weight is 404 g/mol. The van der Waals surface area contributed by atoms with Crippen LogP contribution in [0.2, 0.25) is 0 Å². The van der Waals surface area contributed by atoms with E-state index in [9.17, 15) is 36.0 Å². The summed E-state index contributed by atoms with van der Waals surface area (Å²) in [6.07, 6.45) is -3.94. The van der Waals surface area contributed by atoms with Crippen molar-refractivity contribution in [2.24, 2.45) is 11.3 Å². The highest BCUT2D eigenvalue weighted by atomic mass is 32.2. The van der Waals surface area contributed by atoms with Gasteiger partial charge in [-0.05, 0) is 23.1 Å². The van der Waals surface area contributed by atoms with Crippen molar-refractivity contribution in [2.75, 3.05) is 6.26 Å².